The summed E-state index contributed by atoms with van der Waals surface area (Å²) < 4.78 is 0. The Balaban J connectivity index is 0.000000550. The largest absolute Gasteiger partial charge is 0.451 e. The molecular formula is C26H37BCl2N4O2. The molecule has 0 unspecified atom stereocenters. The Labute approximate surface area is 220 Å². The van der Waals surface area contributed by atoms with E-state index in [0.29, 0.717) is 45.4 Å². The van der Waals surface area contributed by atoms with Crippen LogP contribution in [0.3, 0.4) is 0 Å². The van der Waals surface area contributed by atoms with Gasteiger partial charge in [-0.15, -0.1) is 0 Å². The van der Waals surface area contributed by atoms with Gasteiger partial charge in [0.15, 0.2) is 0 Å². The molecule has 0 aliphatic carbocycles. The highest BCUT2D eigenvalue weighted by Gasteiger charge is 2.11. The van der Waals surface area contributed by atoms with Gasteiger partial charge in [-0.3, -0.25) is 0 Å². The lowest BCUT2D eigenvalue weighted by atomic mass is 9.80. The number of nitrogens with two attached hydrogens (primary N) is 2. The molecule has 0 aliphatic heterocycles. The molecule has 2 aromatic carbocycles. The minimum atomic E-state index is -1.13. The van der Waals surface area contributed by atoms with Gasteiger partial charge in [-0.05, 0) is 72.3 Å². The van der Waals surface area contributed by atoms with Crippen molar-refractivity contribution < 1.29 is 10.0 Å². The number of nitrogen functional groups attached to an aromatic ring is 2. The Kier molecular flexibility index (Phi) is 15.2. The van der Waals surface area contributed by atoms with Gasteiger partial charge in [0, 0.05) is 5.69 Å². The van der Waals surface area contributed by atoms with Crippen molar-refractivity contribution >= 4 is 41.7 Å². The zero-order valence-corrected chi connectivity index (χ0v) is 23.0. The Morgan fingerprint density at radius 1 is 0.743 bits per heavy atom. The number of hydrogen-bond acceptors (Lipinski definition) is 6. The Morgan fingerprint density at radius 2 is 1.11 bits per heavy atom. The van der Waals surface area contributed by atoms with Gasteiger partial charge in [0.1, 0.15) is 0 Å². The third-order valence-corrected chi connectivity index (χ3v) is 5.25. The summed E-state index contributed by atoms with van der Waals surface area (Å²) in [6.07, 6.45) is 2.35. The highest BCUT2D eigenvalue weighted by molar-refractivity contribution is 6.41. The Bertz CT molecular complexity index is 969. The number of halogens is 2. The van der Waals surface area contributed by atoms with Crippen LogP contribution in [0, 0.1) is 40.4 Å². The van der Waals surface area contributed by atoms with Crippen molar-refractivity contribution in [2.24, 2.45) is 17.8 Å². The second kappa shape index (κ2) is 16.3. The summed E-state index contributed by atoms with van der Waals surface area (Å²) in [5, 5.41) is 34.7. The molecule has 0 atom stereocenters. The molecular weight excluding hydrogens is 482 g/mol. The molecule has 35 heavy (non-hydrogen) atoms. The predicted octanol–water partition coefficient (Wildman–Crippen LogP) is 6.10. The van der Waals surface area contributed by atoms with Crippen molar-refractivity contribution in [3.63, 3.8) is 0 Å². The van der Waals surface area contributed by atoms with E-state index < -0.39 is 7.12 Å². The van der Waals surface area contributed by atoms with Crippen LogP contribution in [0.25, 0.3) is 0 Å². The van der Waals surface area contributed by atoms with Gasteiger partial charge in [-0.25, -0.2) is 0 Å². The SMILES string of the molecule is CC(C)CB(O)O.CC(C)Cc1cc(C#N)cc(CC(C)C)c1N.N#Cc1cc(Cl)c(N)c(Cl)c1. The number of anilines is 2. The van der Waals surface area contributed by atoms with E-state index in [-0.39, 0.29) is 0 Å². The van der Waals surface area contributed by atoms with Crippen molar-refractivity contribution in [2.45, 2.75) is 60.7 Å². The summed E-state index contributed by atoms with van der Waals surface area (Å²) in [6.45, 7) is 12.6. The summed E-state index contributed by atoms with van der Waals surface area (Å²) in [6, 6.07) is 10.9. The first-order valence-electron chi connectivity index (χ1n) is 11.5. The van der Waals surface area contributed by atoms with Gasteiger partial charge < -0.3 is 21.5 Å². The zero-order valence-electron chi connectivity index (χ0n) is 21.4. The highest BCUT2D eigenvalue weighted by Crippen LogP contribution is 2.28. The van der Waals surface area contributed by atoms with Crippen LogP contribution in [0.4, 0.5) is 11.4 Å². The van der Waals surface area contributed by atoms with E-state index in [1.807, 2.05) is 32.0 Å². The van der Waals surface area contributed by atoms with E-state index in [2.05, 4.69) is 33.8 Å². The quantitative estimate of drug-likeness (QED) is 0.269. The Hall–Kier alpha value is -2.42. The molecule has 0 aromatic heterocycles. The summed E-state index contributed by atoms with van der Waals surface area (Å²) >= 11 is 11.3. The number of hydrogen-bond donors (Lipinski definition) is 4. The molecule has 0 saturated carbocycles. The Morgan fingerprint density at radius 3 is 1.37 bits per heavy atom. The number of nitrogens with zero attached hydrogens (tertiary/aromatic N) is 2. The lowest BCUT2D eigenvalue weighted by Gasteiger charge is -2.15. The van der Waals surface area contributed by atoms with Crippen LogP contribution in [0.1, 0.15) is 63.8 Å². The fraction of sp³-hybridized carbons (Fsp3) is 0.462. The fourth-order valence-electron chi connectivity index (χ4n) is 3.13. The van der Waals surface area contributed by atoms with Gasteiger partial charge in [0.05, 0.1) is 39.0 Å². The third kappa shape index (κ3) is 13.3. The molecule has 0 heterocycles. The van der Waals surface area contributed by atoms with E-state index >= 15 is 0 Å². The van der Waals surface area contributed by atoms with Crippen molar-refractivity contribution in [2.75, 3.05) is 11.5 Å². The predicted molar refractivity (Wildman–Crippen MR) is 148 cm³/mol. The van der Waals surface area contributed by atoms with E-state index in [0.717, 1.165) is 35.2 Å². The van der Waals surface area contributed by atoms with Crippen molar-refractivity contribution in [3.8, 4) is 12.1 Å². The molecule has 6 nitrogen and oxygen atoms in total. The monoisotopic (exact) mass is 518 g/mol. The first-order valence-corrected chi connectivity index (χ1v) is 12.3. The van der Waals surface area contributed by atoms with E-state index in [9.17, 15) is 0 Å². The average Bonchev–Trinajstić information content (AvgIpc) is 2.73. The summed E-state index contributed by atoms with van der Waals surface area (Å²) in [5.74, 6) is 1.48. The number of benzene rings is 2. The molecule has 0 amide bonds. The molecule has 9 heteroatoms. The topological polar surface area (TPSA) is 140 Å². The number of rotatable bonds is 6. The van der Waals surface area contributed by atoms with Gasteiger partial charge in [0.25, 0.3) is 0 Å². The van der Waals surface area contributed by atoms with Crippen LogP contribution in [-0.4, -0.2) is 17.2 Å². The van der Waals surface area contributed by atoms with Crippen LogP contribution < -0.4 is 11.5 Å². The van der Waals surface area contributed by atoms with Crippen LogP contribution in [0.2, 0.25) is 16.4 Å². The molecule has 190 valence electrons. The maximum Gasteiger partial charge on any atom is 0.451 e. The summed E-state index contributed by atoms with van der Waals surface area (Å²) in [5.41, 5.74) is 16.2. The molecule has 6 N–H and O–H groups in total. The minimum absolute atomic E-state index is 0.312. The first-order chi connectivity index (χ1) is 16.2. The highest BCUT2D eigenvalue weighted by atomic mass is 35.5. The fourth-order valence-corrected chi connectivity index (χ4v) is 3.62. The second-order valence-electron chi connectivity index (χ2n) is 9.59. The van der Waals surface area contributed by atoms with Gasteiger partial charge in [-0.2, -0.15) is 10.5 Å². The molecule has 2 aromatic rings. The van der Waals surface area contributed by atoms with Crippen LogP contribution >= 0.6 is 23.2 Å². The molecule has 0 fully saturated rings. The lowest BCUT2D eigenvalue weighted by Crippen LogP contribution is -2.12. The summed E-state index contributed by atoms with van der Waals surface area (Å²) in [4.78, 5) is 0. The lowest BCUT2D eigenvalue weighted by molar-refractivity contribution is 0.394. The standard InChI is InChI=1S/C15H22N2.C7H4Cl2N2.C4H11BO2/c1-10(2)5-13-7-12(9-16)8-14(15(13)17)6-11(3)4;8-5-1-4(3-10)2-6(9)7(5)11;1-4(2)3-5(6)7/h7-8,10-11H,5-6,17H2,1-4H3;1-2H,11H2;4,6-7H,3H2,1-2H3. The van der Waals surface area contributed by atoms with Crippen LogP contribution in [0.5, 0.6) is 0 Å². The normalized spacial score (nSPS) is 10.1. The molecule has 2 rings (SSSR count). The van der Waals surface area contributed by atoms with E-state index in [4.69, 9.17) is 55.2 Å². The second-order valence-corrected chi connectivity index (χ2v) is 10.4. The zero-order chi connectivity index (χ0) is 27.3. The van der Waals surface area contributed by atoms with Gasteiger partial charge in [-0.1, -0.05) is 64.7 Å². The molecule has 0 aliphatic rings. The molecule has 0 bridgehead atoms. The maximum absolute atomic E-state index is 9.05. The van der Waals surface area contributed by atoms with Crippen molar-refractivity contribution in [1.29, 1.82) is 10.5 Å². The van der Waals surface area contributed by atoms with E-state index in [1.165, 1.54) is 12.1 Å². The van der Waals surface area contributed by atoms with E-state index in [1.54, 1.807) is 0 Å². The van der Waals surface area contributed by atoms with Gasteiger partial charge in [0.2, 0.25) is 0 Å². The number of nitriles is 2. The third-order valence-electron chi connectivity index (χ3n) is 4.63. The van der Waals surface area contributed by atoms with Gasteiger partial charge >= 0.3 is 7.12 Å². The van der Waals surface area contributed by atoms with Crippen molar-refractivity contribution in [1.82, 2.24) is 0 Å². The maximum atomic E-state index is 9.05. The summed E-state index contributed by atoms with van der Waals surface area (Å²) in [7, 11) is -1.13. The molecule has 0 spiro atoms. The van der Waals surface area contributed by atoms with Crippen molar-refractivity contribution in [3.05, 3.63) is 56.6 Å². The minimum Gasteiger partial charge on any atom is -0.427 e. The average molecular weight is 519 g/mol. The first kappa shape index (κ1) is 32.6. The van der Waals surface area contributed by atoms with Crippen LogP contribution in [-0.2, 0) is 12.8 Å². The van der Waals surface area contributed by atoms with Crippen LogP contribution in [0.15, 0.2) is 24.3 Å². The molecule has 0 saturated heterocycles. The molecule has 0 radical (unpaired) electrons. The smallest absolute Gasteiger partial charge is 0.427 e.